The standard InChI is InChI=1S/C20H26ClN3O3/c1-2-7-24-14-16(13-19(24)26)20(27)23-10-8-22(9-11-23)18(25)12-15-3-5-17(21)6-4-15/h3-6,16H,2,7-14H2,1H3. The predicted molar refractivity (Wildman–Crippen MR) is 103 cm³/mol. The van der Waals surface area contributed by atoms with E-state index in [1.807, 2.05) is 24.0 Å². The minimum Gasteiger partial charge on any atom is -0.342 e. The third-order valence-electron chi connectivity index (χ3n) is 5.27. The van der Waals surface area contributed by atoms with Gasteiger partial charge in [-0.15, -0.1) is 0 Å². The van der Waals surface area contributed by atoms with E-state index in [2.05, 4.69) is 0 Å². The van der Waals surface area contributed by atoms with Crippen molar-refractivity contribution >= 4 is 29.3 Å². The number of hydrogen-bond donors (Lipinski definition) is 0. The maximum atomic E-state index is 12.7. The van der Waals surface area contributed by atoms with Crippen molar-refractivity contribution in [3.63, 3.8) is 0 Å². The van der Waals surface area contributed by atoms with Crippen LogP contribution in [-0.2, 0) is 20.8 Å². The normalized spacial score (nSPS) is 20.3. The SMILES string of the molecule is CCCN1CC(C(=O)N2CCN(C(=O)Cc3ccc(Cl)cc3)CC2)CC1=O. The number of carbonyl (C=O) groups excluding carboxylic acids is 3. The van der Waals surface area contributed by atoms with Crippen molar-refractivity contribution in [1.29, 1.82) is 0 Å². The van der Waals surface area contributed by atoms with Gasteiger partial charge in [0.15, 0.2) is 0 Å². The van der Waals surface area contributed by atoms with Crippen molar-refractivity contribution < 1.29 is 14.4 Å². The molecule has 0 N–H and O–H groups in total. The molecule has 1 aromatic carbocycles. The van der Waals surface area contributed by atoms with Crippen LogP contribution in [0.1, 0.15) is 25.3 Å². The fourth-order valence-corrected chi connectivity index (χ4v) is 3.87. The number of piperazine rings is 1. The molecule has 2 saturated heterocycles. The average Bonchev–Trinajstić information content (AvgIpc) is 3.04. The van der Waals surface area contributed by atoms with E-state index >= 15 is 0 Å². The molecule has 2 aliphatic heterocycles. The van der Waals surface area contributed by atoms with Gasteiger partial charge in [-0.2, -0.15) is 0 Å². The van der Waals surface area contributed by atoms with E-state index in [4.69, 9.17) is 11.6 Å². The number of likely N-dealkylation sites (tertiary alicyclic amines) is 1. The van der Waals surface area contributed by atoms with E-state index in [-0.39, 0.29) is 23.6 Å². The summed E-state index contributed by atoms with van der Waals surface area (Å²) in [5.41, 5.74) is 0.934. The molecule has 1 aromatic rings. The lowest BCUT2D eigenvalue weighted by molar-refractivity contribution is -0.141. The Hall–Kier alpha value is -2.08. The number of hydrogen-bond acceptors (Lipinski definition) is 3. The zero-order valence-electron chi connectivity index (χ0n) is 15.7. The highest BCUT2D eigenvalue weighted by Gasteiger charge is 2.37. The second kappa shape index (κ2) is 8.74. The van der Waals surface area contributed by atoms with Crippen LogP contribution >= 0.6 is 11.6 Å². The first-order chi connectivity index (χ1) is 13.0. The second-order valence-corrected chi connectivity index (χ2v) is 7.69. The molecular weight excluding hydrogens is 366 g/mol. The van der Waals surface area contributed by atoms with Crippen LogP contribution in [0.3, 0.4) is 0 Å². The van der Waals surface area contributed by atoms with Gasteiger partial charge in [0, 0.05) is 50.7 Å². The van der Waals surface area contributed by atoms with Gasteiger partial charge in [0.25, 0.3) is 0 Å². The van der Waals surface area contributed by atoms with Gasteiger partial charge in [-0.25, -0.2) is 0 Å². The van der Waals surface area contributed by atoms with Gasteiger partial charge in [-0.1, -0.05) is 30.7 Å². The zero-order valence-corrected chi connectivity index (χ0v) is 16.5. The summed E-state index contributed by atoms with van der Waals surface area (Å²) < 4.78 is 0. The predicted octanol–water partition coefficient (Wildman–Crippen LogP) is 1.81. The maximum Gasteiger partial charge on any atom is 0.228 e. The van der Waals surface area contributed by atoms with Crippen LogP contribution in [0.15, 0.2) is 24.3 Å². The van der Waals surface area contributed by atoms with Crippen molar-refractivity contribution in [1.82, 2.24) is 14.7 Å². The molecule has 7 heteroatoms. The Morgan fingerprint density at radius 1 is 1.07 bits per heavy atom. The molecule has 2 aliphatic rings. The molecule has 3 amide bonds. The van der Waals surface area contributed by atoms with Crippen LogP contribution in [0.5, 0.6) is 0 Å². The first kappa shape index (κ1) is 19.7. The fourth-order valence-electron chi connectivity index (χ4n) is 3.75. The molecule has 3 rings (SSSR count). The van der Waals surface area contributed by atoms with Crippen LogP contribution in [0.2, 0.25) is 5.02 Å². The maximum absolute atomic E-state index is 12.7. The number of amides is 3. The van der Waals surface area contributed by atoms with Gasteiger partial charge in [0.1, 0.15) is 0 Å². The Morgan fingerprint density at radius 2 is 1.70 bits per heavy atom. The minimum absolute atomic E-state index is 0.0479. The van der Waals surface area contributed by atoms with Crippen LogP contribution < -0.4 is 0 Å². The Kier molecular flexibility index (Phi) is 6.37. The summed E-state index contributed by atoms with van der Waals surface area (Å²) in [6.07, 6.45) is 1.56. The smallest absolute Gasteiger partial charge is 0.228 e. The van der Waals surface area contributed by atoms with Gasteiger partial charge in [0.2, 0.25) is 17.7 Å². The van der Waals surface area contributed by atoms with Crippen molar-refractivity contribution in [3.05, 3.63) is 34.9 Å². The molecule has 146 valence electrons. The zero-order chi connectivity index (χ0) is 19.4. The summed E-state index contributed by atoms with van der Waals surface area (Å²) >= 11 is 5.88. The lowest BCUT2D eigenvalue weighted by Crippen LogP contribution is -2.52. The minimum atomic E-state index is -0.236. The first-order valence-electron chi connectivity index (χ1n) is 9.56. The highest BCUT2D eigenvalue weighted by molar-refractivity contribution is 6.30. The van der Waals surface area contributed by atoms with Crippen molar-refractivity contribution in [2.24, 2.45) is 5.92 Å². The molecular formula is C20H26ClN3O3. The van der Waals surface area contributed by atoms with Gasteiger partial charge in [-0.3, -0.25) is 14.4 Å². The Bertz CT molecular complexity index is 699. The molecule has 0 radical (unpaired) electrons. The van der Waals surface area contributed by atoms with Crippen LogP contribution in [0, 0.1) is 5.92 Å². The second-order valence-electron chi connectivity index (χ2n) is 7.25. The summed E-state index contributed by atoms with van der Waals surface area (Å²) in [6, 6.07) is 7.29. The van der Waals surface area contributed by atoms with Gasteiger partial charge >= 0.3 is 0 Å². The van der Waals surface area contributed by atoms with Crippen LogP contribution in [-0.4, -0.2) is 71.7 Å². The third kappa shape index (κ3) is 4.80. The first-order valence-corrected chi connectivity index (χ1v) is 9.94. The third-order valence-corrected chi connectivity index (χ3v) is 5.52. The quantitative estimate of drug-likeness (QED) is 0.769. The molecule has 27 heavy (non-hydrogen) atoms. The number of rotatable bonds is 5. The Morgan fingerprint density at radius 3 is 2.33 bits per heavy atom. The molecule has 1 unspecified atom stereocenters. The molecule has 0 spiro atoms. The largest absolute Gasteiger partial charge is 0.342 e. The lowest BCUT2D eigenvalue weighted by Gasteiger charge is -2.36. The van der Waals surface area contributed by atoms with E-state index in [0.29, 0.717) is 50.6 Å². The molecule has 2 fully saturated rings. The summed E-state index contributed by atoms with van der Waals surface area (Å²) in [7, 11) is 0. The topological polar surface area (TPSA) is 60.9 Å². The van der Waals surface area contributed by atoms with E-state index in [1.165, 1.54) is 0 Å². The van der Waals surface area contributed by atoms with E-state index in [1.54, 1.807) is 21.9 Å². The van der Waals surface area contributed by atoms with Crippen molar-refractivity contribution in [2.45, 2.75) is 26.2 Å². The van der Waals surface area contributed by atoms with Crippen molar-refractivity contribution in [3.8, 4) is 0 Å². The summed E-state index contributed by atoms with van der Waals surface area (Å²) in [5.74, 6) is -0.0475. The molecule has 1 atom stereocenters. The molecule has 0 bridgehead atoms. The van der Waals surface area contributed by atoms with E-state index < -0.39 is 0 Å². The summed E-state index contributed by atoms with van der Waals surface area (Å²) in [6.45, 7) is 5.42. The average molecular weight is 392 g/mol. The monoisotopic (exact) mass is 391 g/mol. The summed E-state index contributed by atoms with van der Waals surface area (Å²) in [4.78, 5) is 42.6. The van der Waals surface area contributed by atoms with Crippen molar-refractivity contribution in [2.75, 3.05) is 39.3 Å². The fraction of sp³-hybridized carbons (Fsp3) is 0.550. The van der Waals surface area contributed by atoms with Gasteiger partial charge < -0.3 is 14.7 Å². The van der Waals surface area contributed by atoms with Gasteiger partial charge in [0.05, 0.1) is 12.3 Å². The molecule has 0 aromatic heterocycles. The molecule has 6 nitrogen and oxygen atoms in total. The summed E-state index contributed by atoms with van der Waals surface area (Å²) in [5, 5.41) is 0.654. The molecule has 2 heterocycles. The molecule has 0 saturated carbocycles. The number of nitrogens with zero attached hydrogens (tertiary/aromatic N) is 3. The van der Waals surface area contributed by atoms with E-state index in [0.717, 1.165) is 18.5 Å². The Labute approximate surface area is 165 Å². The van der Waals surface area contributed by atoms with Gasteiger partial charge in [-0.05, 0) is 24.1 Å². The van der Waals surface area contributed by atoms with Crippen LogP contribution in [0.25, 0.3) is 0 Å². The highest BCUT2D eigenvalue weighted by atomic mass is 35.5. The van der Waals surface area contributed by atoms with Crippen LogP contribution in [0.4, 0.5) is 0 Å². The molecule has 0 aliphatic carbocycles. The Balaban J connectivity index is 1.48. The number of halogens is 1. The lowest BCUT2D eigenvalue weighted by atomic mass is 10.1. The van der Waals surface area contributed by atoms with E-state index in [9.17, 15) is 14.4 Å². The number of benzene rings is 1. The number of carbonyl (C=O) groups is 3. The highest BCUT2D eigenvalue weighted by Crippen LogP contribution is 2.21.